The lowest BCUT2D eigenvalue weighted by Gasteiger charge is -2.28. The van der Waals surface area contributed by atoms with E-state index in [4.69, 9.17) is 4.74 Å². The fourth-order valence-corrected chi connectivity index (χ4v) is 5.44. The highest BCUT2D eigenvalue weighted by molar-refractivity contribution is 5.93. The van der Waals surface area contributed by atoms with Crippen molar-refractivity contribution in [1.29, 1.82) is 0 Å². The van der Waals surface area contributed by atoms with E-state index in [0.29, 0.717) is 19.3 Å². The number of nitrogens with one attached hydrogen (secondary N) is 1. The van der Waals surface area contributed by atoms with E-state index in [1.165, 1.54) is 0 Å². The molecule has 4 aromatic rings. The van der Waals surface area contributed by atoms with Gasteiger partial charge in [-0.3, -0.25) is 4.79 Å². The summed E-state index contributed by atoms with van der Waals surface area (Å²) < 4.78 is 6.12. The molecule has 0 fully saturated rings. The third-order valence-corrected chi connectivity index (χ3v) is 7.44. The lowest BCUT2D eigenvalue weighted by atomic mass is 9.84. The van der Waals surface area contributed by atoms with Crippen molar-refractivity contribution >= 4 is 11.6 Å². The van der Waals surface area contributed by atoms with Gasteiger partial charge in [0.2, 0.25) is 5.91 Å². The third kappa shape index (κ3) is 6.40. The van der Waals surface area contributed by atoms with E-state index < -0.39 is 6.10 Å². The summed E-state index contributed by atoms with van der Waals surface area (Å²) in [5, 5.41) is 13.9. The Balaban J connectivity index is 1.33. The molecular weight excluding hydrogens is 482 g/mol. The summed E-state index contributed by atoms with van der Waals surface area (Å²) in [7, 11) is 0. The summed E-state index contributed by atoms with van der Waals surface area (Å²) in [6.45, 7) is 6.48. The Bertz CT molecular complexity index is 1390. The zero-order chi connectivity index (χ0) is 27.4. The fourth-order valence-electron chi connectivity index (χ4n) is 5.44. The van der Waals surface area contributed by atoms with Crippen LogP contribution in [0.4, 0.5) is 5.69 Å². The van der Waals surface area contributed by atoms with Crippen LogP contribution in [0.15, 0.2) is 97.1 Å². The molecule has 0 bridgehead atoms. The molecule has 39 heavy (non-hydrogen) atoms. The van der Waals surface area contributed by atoms with Crippen LogP contribution < -0.4 is 10.1 Å². The van der Waals surface area contributed by atoms with Crippen molar-refractivity contribution in [3.63, 3.8) is 0 Å². The molecule has 1 aliphatic rings. The van der Waals surface area contributed by atoms with Crippen molar-refractivity contribution in [1.82, 2.24) is 0 Å². The Morgan fingerprint density at radius 2 is 1.46 bits per heavy atom. The van der Waals surface area contributed by atoms with Gasteiger partial charge in [0.25, 0.3) is 0 Å². The van der Waals surface area contributed by atoms with Crippen LogP contribution in [0.3, 0.4) is 0 Å². The molecule has 4 heteroatoms. The van der Waals surface area contributed by atoms with Crippen molar-refractivity contribution < 1.29 is 14.6 Å². The van der Waals surface area contributed by atoms with Gasteiger partial charge in [-0.15, -0.1) is 0 Å². The zero-order valence-corrected chi connectivity index (χ0v) is 23.0. The number of aliphatic hydroxyl groups excluding tert-OH is 1. The zero-order valence-electron chi connectivity index (χ0n) is 23.0. The van der Waals surface area contributed by atoms with Gasteiger partial charge in [0.05, 0.1) is 6.10 Å². The number of fused-ring (bicyclic) bond motifs is 2. The molecule has 0 radical (unpaired) electrons. The molecule has 4 aromatic carbocycles. The van der Waals surface area contributed by atoms with E-state index in [2.05, 4.69) is 44.3 Å². The van der Waals surface area contributed by atoms with Crippen LogP contribution in [0.5, 0.6) is 11.5 Å². The van der Waals surface area contributed by atoms with Gasteiger partial charge in [0, 0.05) is 29.2 Å². The van der Waals surface area contributed by atoms with Crippen LogP contribution >= 0.6 is 0 Å². The average Bonchev–Trinajstić information content (AvgIpc) is 2.92. The first kappa shape index (κ1) is 26.7. The molecule has 0 saturated heterocycles. The molecular formula is C35H37NO3. The Labute approximate surface area is 231 Å². The summed E-state index contributed by atoms with van der Waals surface area (Å²) in [4.78, 5) is 13.6. The number of rotatable bonds is 8. The van der Waals surface area contributed by atoms with Gasteiger partial charge in [0.15, 0.2) is 0 Å². The highest BCUT2D eigenvalue weighted by Gasteiger charge is 2.29. The van der Waals surface area contributed by atoms with Crippen LogP contribution in [0.2, 0.25) is 0 Å². The maximum atomic E-state index is 13.6. The molecule has 1 heterocycles. The minimum atomic E-state index is -0.415. The Kier molecular flexibility index (Phi) is 7.85. The second-order valence-corrected chi connectivity index (χ2v) is 11.5. The van der Waals surface area contributed by atoms with E-state index in [9.17, 15) is 9.90 Å². The second kappa shape index (κ2) is 11.5. The molecule has 1 unspecified atom stereocenters. The summed E-state index contributed by atoms with van der Waals surface area (Å²) in [6.07, 6.45) is 1.94. The number of aliphatic hydroxyl groups is 1. The number of hydrogen-bond donors (Lipinski definition) is 2. The van der Waals surface area contributed by atoms with Gasteiger partial charge >= 0.3 is 0 Å². The lowest BCUT2D eigenvalue weighted by molar-refractivity contribution is -0.116. The standard InChI is InChI=1S/C35H37NO3/c1-35(2,3)30-20-18-25(17-19-26(37)21-24-11-5-4-6-12-24)22-31(30)36-34(38)23-29-27-13-7-9-15-32(27)39-33-16-10-8-14-28(29)33/h4-16,18,20,22,26,29,37H,17,19,21,23H2,1-3H3,(H,36,38). The van der Waals surface area contributed by atoms with Crippen LogP contribution in [0, 0.1) is 0 Å². The summed E-state index contributed by atoms with van der Waals surface area (Å²) >= 11 is 0. The van der Waals surface area contributed by atoms with Gasteiger partial charge in [-0.2, -0.15) is 0 Å². The normalized spacial score (nSPS) is 13.6. The maximum absolute atomic E-state index is 13.6. The van der Waals surface area contributed by atoms with Crippen LogP contribution in [0.1, 0.15) is 67.3 Å². The minimum absolute atomic E-state index is 0.0294. The molecule has 0 saturated carbocycles. The topological polar surface area (TPSA) is 58.6 Å². The number of ether oxygens (including phenoxy) is 1. The largest absolute Gasteiger partial charge is 0.457 e. The number of aryl methyl sites for hydroxylation is 1. The molecule has 5 rings (SSSR count). The van der Waals surface area contributed by atoms with Gasteiger partial charge in [0.1, 0.15) is 11.5 Å². The first-order valence-corrected chi connectivity index (χ1v) is 13.8. The average molecular weight is 520 g/mol. The monoisotopic (exact) mass is 519 g/mol. The molecule has 200 valence electrons. The van der Waals surface area contributed by atoms with Gasteiger partial charge < -0.3 is 15.2 Å². The maximum Gasteiger partial charge on any atom is 0.225 e. The number of carbonyl (C=O) groups excluding carboxylic acids is 1. The molecule has 0 aromatic heterocycles. The first-order valence-electron chi connectivity index (χ1n) is 13.8. The second-order valence-electron chi connectivity index (χ2n) is 11.5. The Morgan fingerprint density at radius 1 is 0.846 bits per heavy atom. The number of amides is 1. The van der Waals surface area contributed by atoms with Crippen molar-refractivity contribution in [2.75, 3.05) is 5.32 Å². The number of hydrogen-bond acceptors (Lipinski definition) is 3. The van der Waals surface area contributed by atoms with Crippen molar-refractivity contribution in [3.8, 4) is 11.5 Å². The number of para-hydroxylation sites is 2. The van der Waals surface area contributed by atoms with E-state index >= 15 is 0 Å². The predicted molar refractivity (Wildman–Crippen MR) is 158 cm³/mol. The van der Waals surface area contributed by atoms with Crippen LogP contribution in [0.25, 0.3) is 0 Å². The van der Waals surface area contributed by atoms with Crippen molar-refractivity contribution in [2.45, 2.75) is 63.9 Å². The summed E-state index contributed by atoms with van der Waals surface area (Å²) in [5.41, 5.74) is 6.11. The minimum Gasteiger partial charge on any atom is -0.457 e. The van der Waals surface area contributed by atoms with Crippen molar-refractivity contribution in [3.05, 3.63) is 125 Å². The van der Waals surface area contributed by atoms with Crippen LogP contribution in [-0.2, 0) is 23.1 Å². The molecule has 4 nitrogen and oxygen atoms in total. The molecule has 1 atom stereocenters. The molecule has 0 spiro atoms. The third-order valence-electron chi connectivity index (χ3n) is 7.44. The smallest absolute Gasteiger partial charge is 0.225 e. The van der Waals surface area contributed by atoms with Gasteiger partial charge in [-0.1, -0.05) is 99.6 Å². The molecule has 0 aliphatic carbocycles. The summed E-state index contributed by atoms with van der Waals surface area (Å²) in [6, 6.07) is 32.3. The first-order chi connectivity index (χ1) is 18.8. The molecule has 1 amide bonds. The van der Waals surface area contributed by atoms with E-state index in [1.54, 1.807) is 0 Å². The molecule has 2 N–H and O–H groups in total. The van der Waals surface area contributed by atoms with Crippen LogP contribution in [-0.4, -0.2) is 17.1 Å². The SMILES string of the molecule is CC(C)(C)c1ccc(CCC(O)Cc2ccccc2)cc1NC(=O)CC1c2ccccc2Oc2ccccc21. The van der Waals surface area contributed by atoms with E-state index in [0.717, 1.165) is 51.4 Å². The van der Waals surface area contributed by atoms with Gasteiger partial charge in [-0.25, -0.2) is 0 Å². The molecule has 1 aliphatic heterocycles. The number of benzene rings is 4. The fraction of sp³-hybridized carbons (Fsp3) is 0.286. The van der Waals surface area contributed by atoms with E-state index in [-0.39, 0.29) is 17.2 Å². The van der Waals surface area contributed by atoms with Crippen molar-refractivity contribution in [2.24, 2.45) is 0 Å². The Morgan fingerprint density at radius 3 is 2.10 bits per heavy atom. The highest BCUT2D eigenvalue weighted by Crippen LogP contribution is 2.45. The quantitative estimate of drug-likeness (QED) is 0.250. The number of anilines is 1. The van der Waals surface area contributed by atoms with E-state index in [1.807, 2.05) is 78.9 Å². The number of carbonyl (C=O) groups is 1. The highest BCUT2D eigenvalue weighted by atomic mass is 16.5. The summed E-state index contributed by atoms with van der Waals surface area (Å²) in [5.74, 6) is 1.50. The lowest BCUT2D eigenvalue weighted by Crippen LogP contribution is -2.22. The predicted octanol–water partition coefficient (Wildman–Crippen LogP) is 7.79. The Hall–Kier alpha value is -3.89. The van der Waals surface area contributed by atoms with Gasteiger partial charge in [-0.05, 0) is 59.6 Å².